The highest BCUT2D eigenvalue weighted by atomic mass is 35.5. The number of hydrogen-bond donors (Lipinski definition) is 2. The van der Waals surface area contributed by atoms with Crippen LogP contribution in [0.5, 0.6) is 11.5 Å². The first kappa shape index (κ1) is 59.2. The van der Waals surface area contributed by atoms with Crippen molar-refractivity contribution in [3.8, 4) is 56.8 Å². The van der Waals surface area contributed by atoms with Crippen LogP contribution in [0.1, 0.15) is 33.4 Å². The van der Waals surface area contributed by atoms with E-state index in [2.05, 4.69) is 53.9 Å². The Bertz CT molecular complexity index is 4050. The predicted molar refractivity (Wildman–Crippen MR) is 329 cm³/mol. The molecule has 2 saturated heterocycles. The third-order valence-electron chi connectivity index (χ3n) is 15.0. The lowest BCUT2D eigenvalue weighted by Crippen LogP contribution is -2.36. The number of ether oxygens (including phenoxy) is 4. The number of hydrogen-bond acceptors (Lipinski definition) is 14. The SMILES string of the molecule is COc1cc(C)c(-c2ncc(N3CCOCC3)cc2N)c(C)c1.COc1cc(C)c(-c2ncc(N3CCOCC3)cc2Nc2c(C)c(-c3ccccn3)nc3cc(F)cc(F)c23)c(C)c1.Cc1c(-c2ccccn2)nc2cc(F)cc(F)c2c1Cl. The fraction of sp³-hybridized carbons (Fsp3) is 0.242. The standard InChI is InChI=1S/C33H31F2N5O2.C18H23N3O2.C15H9ClF2N2/c1-19-13-24(41-4)14-20(2)29(19)33-28(17-23(18-37-33)40-9-11-42-12-10-40)39-32-21(3)31(26-7-5-6-8-36-26)38-27-16-22(34)15-25(35)30(27)32;1-12-8-15(22-3)9-13(2)17(12)18-16(19)10-14(11-20-18)21-4-6-23-7-5-21;1-8-14(16)13-10(18)6-9(17)7-12(13)20-15(8)11-4-2-3-5-19-11/h5-8,13-18H,9-12H2,1-4H3,(H,38,39);8-11H,4-7,19H2,1-3H3;2-7H,1H3. The third kappa shape index (κ3) is 12.8. The van der Waals surface area contributed by atoms with Gasteiger partial charge in [-0.15, -0.1) is 0 Å². The topological polar surface area (TPSA) is 159 Å². The van der Waals surface area contributed by atoms with E-state index in [1.165, 1.54) is 6.07 Å². The first-order valence-electron chi connectivity index (χ1n) is 27.6. The molecule has 19 heteroatoms. The monoisotopic (exact) mass is 1170 g/mol. The maximum absolute atomic E-state index is 15.5. The van der Waals surface area contributed by atoms with Gasteiger partial charge in [0.2, 0.25) is 0 Å². The number of nitrogens with zero attached hydrogens (tertiary/aromatic N) is 8. The van der Waals surface area contributed by atoms with E-state index in [9.17, 15) is 13.2 Å². The number of aromatic nitrogens is 6. The van der Waals surface area contributed by atoms with Crippen LogP contribution < -0.4 is 30.3 Å². The predicted octanol–water partition coefficient (Wildman–Crippen LogP) is 14.5. The van der Waals surface area contributed by atoms with Crippen molar-refractivity contribution < 1.29 is 36.5 Å². The molecule has 2 fully saturated rings. The Morgan fingerprint density at radius 2 is 0.976 bits per heavy atom. The first-order chi connectivity index (χ1) is 41.0. The molecule has 2 aliphatic heterocycles. The van der Waals surface area contributed by atoms with E-state index in [1.807, 2.05) is 93.8 Å². The van der Waals surface area contributed by atoms with Crippen molar-refractivity contribution in [3.05, 3.63) is 184 Å². The molecule has 0 radical (unpaired) electrons. The second-order valence-corrected chi connectivity index (χ2v) is 21.0. The molecule has 0 spiro atoms. The molecule has 0 amide bonds. The summed E-state index contributed by atoms with van der Waals surface area (Å²) in [6.07, 6.45) is 7.06. The van der Waals surface area contributed by atoms with Gasteiger partial charge in [-0.2, -0.15) is 0 Å². The van der Waals surface area contributed by atoms with Gasteiger partial charge in [0, 0.05) is 79.5 Å². The number of nitrogens with two attached hydrogens (primary N) is 1. The van der Waals surface area contributed by atoms with Crippen molar-refractivity contribution in [3.63, 3.8) is 0 Å². The van der Waals surface area contributed by atoms with Crippen LogP contribution in [0.2, 0.25) is 5.02 Å². The number of methoxy groups -OCH3 is 2. The van der Waals surface area contributed by atoms with E-state index in [0.717, 1.165) is 120 Å². The van der Waals surface area contributed by atoms with Gasteiger partial charge in [-0.25, -0.2) is 27.5 Å². The van der Waals surface area contributed by atoms with Crippen LogP contribution in [0.25, 0.3) is 67.1 Å². The first-order valence-corrected chi connectivity index (χ1v) is 28.0. The number of nitrogen functional groups attached to an aromatic ring is 1. The highest BCUT2D eigenvalue weighted by molar-refractivity contribution is 6.36. The summed E-state index contributed by atoms with van der Waals surface area (Å²) in [6.45, 7) is 17.7. The summed E-state index contributed by atoms with van der Waals surface area (Å²) in [5.74, 6) is -1.19. The van der Waals surface area contributed by atoms with Crippen molar-refractivity contribution in [1.29, 1.82) is 0 Å². The van der Waals surface area contributed by atoms with Crippen molar-refractivity contribution in [1.82, 2.24) is 29.9 Å². The molecule has 436 valence electrons. The molecule has 6 aromatic heterocycles. The summed E-state index contributed by atoms with van der Waals surface area (Å²) in [7, 11) is 3.32. The molecule has 0 bridgehead atoms. The van der Waals surface area contributed by atoms with Crippen LogP contribution in [0.3, 0.4) is 0 Å². The van der Waals surface area contributed by atoms with Gasteiger partial charge >= 0.3 is 0 Å². The minimum atomic E-state index is -0.715. The van der Waals surface area contributed by atoms with E-state index in [0.29, 0.717) is 69.9 Å². The van der Waals surface area contributed by atoms with Crippen LogP contribution in [-0.4, -0.2) is 96.7 Å². The Hall–Kier alpha value is -8.97. The molecule has 14 nitrogen and oxygen atoms in total. The zero-order valence-electron chi connectivity index (χ0n) is 48.4. The second kappa shape index (κ2) is 25.9. The lowest BCUT2D eigenvalue weighted by Gasteiger charge is -2.29. The smallest absolute Gasteiger partial charge is 0.137 e. The second-order valence-electron chi connectivity index (χ2n) is 20.7. The quantitative estimate of drug-likeness (QED) is 0.125. The number of morpholine rings is 2. The Morgan fingerprint density at radius 1 is 0.529 bits per heavy atom. The van der Waals surface area contributed by atoms with Gasteiger partial charge in [0.1, 0.15) is 34.8 Å². The average Bonchev–Trinajstić information content (AvgIpc) is 1.93. The summed E-state index contributed by atoms with van der Waals surface area (Å²) >= 11 is 6.21. The number of fused-ring (bicyclic) bond motifs is 2. The molecule has 0 unspecified atom stereocenters. The van der Waals surface area contributed by atoms with E-state index >= 15 is 4.39 Å². The highest BCUT2D eigenvalue weighted by Gasteiger charge is 2.24. The number of benzene rings is 4. The van der Waals surface area contributed by atoms with Gasteiger partial charge in [0.25, 0.3) is 0 Å². The van der Waals surface area contributed by atoms with Gasteiger partial charge in [0.05, 0.1) is 142 Å². The van der Waals surface area contributed by atoms with Crippen molar-refractivity contribution in [2.45, 2.75) is 41.5 Å². The highest BCUT2D eigenvalue weighted by Crippen LogP contribution is 2.42. The maximum Gasteiger partial charge on any atom is 0.137 e. The van der Waals surface area contributed by atoms with Crippen LogP contribution in [0, 0.1) is 64.8 Å². The summed E-state index contributed by atoms with van der Waals surface area (Å²) in [5, 5.41) is 4.09. The third-order valence-corrected chi connectivity index (χ3v) is 15.5. The van der Waals surface area contributed by atoms with E-state index in [1.54, 1.807) is 45.7 Å². The Kier molecular flexibility index (Phi) is 18.0. The lowest BCUT2D eigenvalue weighted by atomic mass is 9.97. The molecule has 85 heavy (non-hydrogen) atoms. The summed E-state index contributed by atoms with van der Waals surface area (Å²) in [4.78, 5) is 31.7. The Balaban J connectivity index is 0.000000157. The van der Waals surface area contributed by atoms with Crippen LogP contribution in [0.15, 0.2) is 122 Å². The van der Waals surface area contributed by atoms with Gasteiger partial charge < -0.3 is 39.8 Å². The summed E-state index contributed by atoms with van der Waals surface area (Å²) < 4.78 is 78.9. The number of nitrogens with one attached hydrogen (secondary N) is 1. The fourth-order valence-electron chi connectivity index (χ4n) is 10.8. The fourth-order valence-corrected chi connectivity index (χ4v) is 11.1. The number of rotatable bonds is 10. The van der Waals surface area contributed by atoms with Crippen LogP contribution in [-0.2, 0) is 9.47 Å². The van der Waals surface area contributed by atoms with Gasteiger partial charge in [-0.3, -0.25) is 19.9 Å². The van der Waals surface area contributed by atoms with Crippen molar-refractivity contribution in [2.24, 2.45) is 0 Å². The maximum atomic E-state index is 15.5. The number of aryl methyl sites for hydroxylation is 4. The Morgan fingerprint density at radius 3 is 1.45 bits per heavy atom. The Labute approximate surface area is 495 Å². The summed E-state index contributed by atoms with van der Waals surface area (Å²) in [6, 6.07) is 27.0. The molecule has 4 aromatic carbocycles. The molecular weight excluding hydrogens is 1110 g/mol. The molecule has 12 rings (SSSR count). The van der Waals surface area contributed by atoms with Gasteiger partial charge in [0.15, 0.2) is 0 Å². The number of anilines is 5. The molecule has 2 aliphatic rings. The van der Waals surface area contributed by atoms with Crippen molar-refractivity contribution in [2.75, 3.05) is 87.7 Å². The molecule has 0 aliphatic carbocycles. The molecule has 10 aromatic rings. The zero-order chi connectivity index (χ0) is 60.1. The molecule has 0 saturated carbocycles. The minimum Gasteiger partial charge on any atom is -0.497 e. The van der Waals surface area contributed by atoms with Gasteiger partial charge in [-0.1, -0.05) is 23.7 Å². The van der Waals surface area contributed by atoms with Crippen LogP contribution in [0.4, 0.5) is 46.0 Å². The largest absolute Gasteiger partial charge is 0.497 e. The van der Waals surface area contributed by atoms with E-state index < -0.39 is 23.3 Å². The van der Waals surface area contributed by atoms with Crippen LogP contribution >= 0.6 is 11.6 Å². The molecule has 0 atom stereocenters. The zero-order valence-corrected chi connectivity index (χ0v) is 49.1. The van der Waals surface area contributed by atoms with E-state index in [-0.39, 0.29) is 26.8 Å². The summed E-state index contributed by atoms with van der Waals surface area (Å²) in [5.41, 5.74) is 21.8. The average molecular weight is 1170 g/mol. The molecule has 8 heterocycles. The van der Waals surface area contributed by atoms with Gasteiger partial charge in [-0.05, 0) is 130 Å². The minimum absolute atomic E-state index is 0.130. The van der Waals surface area contributed by atoms with Crippen molar-refractivity contribution >= 4 is 61.8 Å². The lowest BCUT2D eigenvalue weighted by molar-refractivity contribution is 0.122. The number of halogens is 5. The molecule has 3 N–H and O–H groups in total. The normalized spacial score (nSPS) is 13.2. The molecular formula is C66H63ClF4N10O4. The number of pyridine rings is 6. The van der Waals surface area contributed by atoms with E-state index in [4.69, 9.17) is 41.3 Å².